The summed E-state index contributed by atoms with van der Waals surface area (Å²) in [5.74, 6) is 1.81. The van der Waals surface area contributed by atoms with Crippen LogP contribution in [0.3, 0.4) is 0 Å². The first-order valence-electron chi connectivity index (χ1n) is 9.70. The van der Waals surface area contributed by atoms with Gasteiger partial charge in [0.25, 0.3) is 0 Å². The normalized spacial score (nSPS) is 19.9. The van der Waals surface area contributed by atoms with Gasteiger partial charge in [-0.25, -0.2) is 4.98 Å². The Balaban J connectivity index is 1.92. The number of Topliss-reactive ketones (excluding diaryl/α,β-unsaturated/α-hetero) is 1. The van der Waals surface area contributed by atoms with Gasteiger partial charge in [0.15, 0.2) is 11.5 Å². The molecule has 0 bridgehead atoms. The summed E-state index contributed by atoms with van der Waals surface area (Å²) in [4.78, 5) is 17.5. The van der Waals surface area contributed by atoms with Gasteiger partial charge in [-0.05, 0) is 17.9 Å². The molecule has 0 saturated heterocycles. The highest BCUT2D eigenvalue weighted by Gasteiger charge is 2.29. The van der Waals surface area contributed by atoms with E-state index < -0.39 is 0 Å². The lowest BCUT2D eigenvalue weighted by Crippen LogP contribution is -2.18. The Bertz CT molecular complexity index is 698. The minimum absolute atomic E-state index is 0.0426. The third kappa shape index (κ3) is 4.87. The van der Waals surface area contributed by atoms with Crippen LogP contribution in [0.25, 0.3) is 5.57 Å². The number of carbonyl (C=O) groups is 1. The van der Waals surface area contributed by atoms with E-state index >= 15 is 0 Å². The van der Waals surface area contributed by atoms with Crippen molar-refractivity contribution in [3.63, 3.8) is 0 Å². The molecule has 0 saturated carbocycles. The molecule has 3 rings (SSSR count). The molecule has 6 heteroatoms. The topological polar surface area (TPSA) is 66.9 Å². The number of methoxy groups -OCH3 is 1. The second-order valence-electron chi connectivity index (χ2n) is 7.37. The quantitative estimate of drug-likeness (QED) is 0.679. The van der Waals surface area contributed by atoms with E-state index in [1.54, 1.807) is 7.11 Å². The van der Waals surface area contributed by atoms with Crippen molar-refractivity contribution in [3.8, 4) is 11.5 Å². The molecule has 1 aromatic heterocycles. The van der Waals surface area contributed by atoms with Crippen molar-refractivity contribution < 1.29 is 23.7 Å². The van der Waals surface area contributed by atoms with Crippen molar-refractivity contribution in [1.29, 1.82) is 0 Å². The van der Waals surface area contributed by atoms with Crippen molar-refractivity contribution in [2.45, 2.75) is 33.1 Å². The number of rotatable bonds is 7. The summed E-state index contributed by atoms with van der Waals surface area (Å²) in [7, 11) is 1.67. The molecule has 0 aromatic carbocycles. The fourth-order valence-electron chi connectivity index (χ4n) is 3.27. The maximum atomic E-state index is 12.8. The first kappa shape index (κ1) is 19.8. The van der Waals surface area contributed by atoms with Gasteiger partial charge < -0.3 is 18.9 Å². The molecule has 0 amide bonds. The van der Waals surface area contributed by atoms with Crippen molar-refractivity contribution in [3.05, 3.63) is 23.5 Å². The van der Waals surface area contributed by atoms with Crippen molar-refractivity contribution in [2.75, 3.05) is 40.1 Å². The molecule has 148 valence electrons. The van der Waals surface area contributed by atoms with Crippen LogP contribution in [-0.2, 0) is 9.47 Å². The predicted molar refractivity (Wildman–Crippen MR) is 102 cm³/mol. The van der Waals surface area contributed by atoms with Crippen LogP contribution in [0, 0.1) is 11.8 Å². The zero-order valence-electron chi connectivity index (χ0n) is 16.5. The molecular formula is C21H29NO5. The van der Waals surface area contributed by atoms with Crippen LogP contribution in [0.5, 0.6) is 11.5 Å². The van der Waals surface area contributed by atoms with Gasteiger partial charge in [0.1, 0.15) is 17.1 Å². The second-order valence-corrected chi connectivity index (χ2v) is 7.37. The summed E-state index contributed by atoms with van der Waals surface area (Å²) in [5, 5.41) is 0. The minimum atomic E-state index is 0.0426. The third-order valence-electron chi connectivity index (χ3n) is 5.08. The Hall–Kier alpha value is -1.92. The molecule has 2 aliphatic rings. The number of aromatic nitrogens is 1. The molecule has 0 spiro atoms. The number of hydrogen-bond donors (Lipinski definition) is 0. The van der Waals surface area contributed by atoms with Gasteiger partial charge in [-0.1, -0.05) is 19.9 Å². The maximum absolute atomic E-state index is 12.8. The fourth-order valence-corrected chi connectivity index (χ4v) is 3.27. The summed E-state index contributed by atoms with van der Waals surface area (Å²) >= 11 is 0. The van der Waals surface area contributed by atoms with E-state index in [-0.39, 0.29) is 11.7 Å². The van der Waals surface area contributed by atoms with Gasteiger partial charge in [-0.15, -0.1) is 0 Å². The molecule has 1 atom stereocenters. The molecule has 0 radical (unpaired) electrons. The van der Waals surface area contributed by atoms with E-state index in [2.05, 4.69) is 13.8 Å². The van der Waals surface area contributed by atoms with E-state index in [4.69, 9.17) is 23.9 Å². The number of nitrogens with zero attached hydrogens (tertiary/aromatic N) is 1. The fraction of sp³-hybridized carbons (Fsp3) is 0.619. The van der Waals surface area contributed by atoms with Gasteiger partial charge >= 0.3 is 0 Å². The Morgan fingerprint density at radius 1 is 1.30 bits per heavy atom. The Labute approximate surface area is 160 Å². The highest BCUT2D eigenvalue weighted by Crippen LogP contribution is 2.36. The number of carbonyl (C=O) groups excluding carboxylic acids is 1. The number of ether oxygens (including phenoxy) is 4. The standard InChI is InChI=1S/C21H29NO5/c1-14(2)16-11-17(23)21-19(27-13-16)12-18(26-8-4-7-24-3)20(22-21)15-5-9-25-10-6-15/h5,12,14,16H,4,6-11,13H2,1-3H3. The lowest BCUT2D eigenvalue weighted by Gasteiger charge is -2.19. The largest absolute Gasteiger partial charge is 0.491 e. The Kier molecular flexibility index (Phi) is 6.85. The number of pyridine rings is 1. The molecule has 27 heavy (non-hydrogen) atoms. The molecule has 2 aliphatic heterocycles. The lowest BCUT2D eigenvalue weighted by atomic mass is 9.91. The van der Waals surface area contributed by atoms with Crippen LogP contribution in [0.1, 0.15) is 49.3 Å². The third-order valence-corrected chi connectivity index (χ3v) is 5.08. The molecular weight excluding hydrogens is 346 g/mol. The first-order valence-corrected chi connectivity index (χ1v) is 9.70. The molecule has 0 N–H and O–H groups in total. The zero-order valence-corrected chi connectivity index (χ0v) is 16.5. The SMILES string of the molecule is COCCCOc1cc2c(nc1C1=CCOCC1)C(=O)CC(C(C)C)CO2. The Morgan fingerprint density at radius 2 is 2.15 bits per heavy atom. The molecule has 0 fully saturated rings. The van der Waals surface area contributed by atoms with E-state index in [0.717, 1.165) is 24.1 Å². The van der Waals surface area contributed by atoms with E-state index in [9.17, 15) is 4.79 Å². The van der Waals surface area contributed by atoms with Crippen LogP contribution < -0.4 is 9.47 Å². The van der Waals surface area contributed by atoms with Crippen molar-refractivity contribution in [2.24, 2.45) is 11.8 Å². The lowest BCUT2D eigenvalue weighted by molar-refractivity contribution is 0.0941. The van der Waals surface area contributed by atoms with E-state index in [1.807, 2.05) is 12.1 Å². The first-order chi connectivity index (χ1) is 13.1. The summed E-state index contributed by atoms with van der Waals surface area (Å²) < 4.78 is 22.5. The van der Waals surface area contributed by atoms with Crippen LogP contribution in [0.4, 0.5) is 0 Å². The van der Waals surface area contributed by atoms with Crippen LogP contribution in [0.15, 0.2) is 12.1 Å². The maximum Gasteiger partial charge on any atom is 0.185 e. The Morgan fingerprint density at radius 3 is 2.85 bits per heavy atom. The van der Waals surface area contributed by atoms with Gasteiger partial charge in [-0.3, -0.25) is 4.79 Å². The molecule has 1 aromatic rings. The number of fused-ring (bicyclic) bond motifs is 1. The monoisotopic (exact) mass is 375 g/mol. The van der Waals surface area contributed by atoms with Crippen molar-refractivity contribution in [1.82, 2.24) is 4.98 Å². The van der Waals surface area contributed by atoms with Gasteiger partial charge in [0, 0.05) is 38.5 Å². The van der Waals surface area contributed by atoms with E-state index in [1.165, 1.54) is 0 Å². The zero-order chi connectivity index (χ0) is 19.2. The number of ketones is 1. The summed E-state index contributed by atoms with van der Waals surface area (Å²) in [6.45, 7) is 7.12. The molecule has 1 unspecified atom stereocenters. The van der Waals surface area contributed by atoms with Crippen LogP contribution in [-0.4, -0.2) is 50.9 Å². The smallest absolute Gasteiger partial charge is 0.185 e. The summed E-state index contributed by atoms with van der Waals surface area (Å²) in [5.41, 5.74) is 2.21. The molecule has 6 nitrogen and oxygen atoms in total. The summed E-state index contributed by atoms with van der Waals surface area (Å²) in [6, 6.07) is 1.83. The minimum Gasteiger partial charge on any atom is -0.491 e. The second kappa shape index (κ2) is 9.33. The van der Waals surface area contributed by atoms with Gasteiger partial charge in [0.05, 0.1) is 26.4 Å². The van der Waals surface area contributed by atoms with Crippen molar-refractivity contribution >= 4 is 11.4 Å². The average Bonchev–Trinajstić information content (AvgIpc) is 2.84. The van der Waals surface area contributed by atoms with Gasteiger partial charge in [-0.2, -0.15) is 0 Å². The van der Waals surface area contributed by atoms with Crippen LogP contribution in [0.2, 0.25) is 0 Å². The highest BCUT2D eigenvalue weighted by atomic mass is 16.5. The summed E-state index contributed by atoms with van der Waals surface area (Å²) in [6.07, 6.45) is 4.01. The number of hydrogen-bond acceptors (Lipinski definition) is 6. The molecule has 3 heterocycles. The predicted octanol–water partition coefficient (Wildman–Crippen LogP) is 3.54. The highest BCUT2D eigenvalue weighted by molar-refractivity contribution is 5.98. The molecule has 0 aliphatic carbocycles. The van der Waals surface area contributed by atoms with Crippen LogP contribution >= 0.6 is 0 Å². The van der Waals surface area contributed by atoms with Gasteiger partial charge in [0.2, 0.25) is 0 Å². The average molecular weight is 375 g/mol. The van der Waals surface area contributed by atoms with E-state index in [0.29, 0.717) is 62.6 Å².